The van der Waals surface area contributed by atoms with E-state index in [9.17, 15) is 4.79 Å². The monoisotopic (exact) mass is 1730 g/mol. The Labute approximate surface area is 747 Å². The summed E-state index contributed by atoms with van der Waals surface area (Å²) < 4.78 is 33.5. The van der Waals surface area contributed by atoms with E-state index in [2.05, 4.69) is 296 Å². The molecule has 2 amide bonds. The Morgan fingerprint density at radius 3 is 1.56 bits per heavy atom. The SMILES string of the molecule is CC(C)c1ccc2c(c1)CCN2C(=O)N(C)C.CCc1cn(-c2ccc(C(C)C)c3c2[Si](C)(C)CC3)cn1.CCc1cn(-c2ccc(C(C)C)c3cnsc23)cn1.CCc1ncn(-c2ccc(C(C)C)cc2OC)n1.Cc1cn(-c2ccc(C(C)C)cc2)cn1.Cc1ncn(-c2ccc(C(C)C)c3cnoc23)n1.Cc1ncn(-c2ccc(C(C)C)c3ncoc23)n1. The Balaban J connectivity index is 0.000000134. The highest BCUT2D eigenvalue weighted by atomic mass is 32.1. The van der Waals surface area contributed by atoms with Gasteiger partial charge in [0.1, 0.15) is 59.0 Å². The number of oxazole rings is 1. The van der Waals surface area contributed by atoms with Gasteiger partial charge in [0, 0.05) is 79.7 Å². The van der Waals surface area contributed by atoms with Crippen LogP contribution in [0.4, 0.5) is 10.5 Å². The van der Waals surface area contributed by atoms with Crippen molar-refractivity contribution in [3.8, 4) is 39.9 Å². The molecule has 660 valence electrons. The number of aryl methyl sites for hydroxylation is 6. The molecule has 18 rings (SSSR count). The lowest BCUT2D eigenvalue weighted by atomic mass is 9.95. The number of carbonyl (C=O) groups excluding carboxylic acids is 1. The van der Waals surface area contributed by atoms with Crippen LogP contribution in [-0.4, -0.2) is 134 Å². The number of anilines is 1. The molecule has 2 aliphatic heterocycles. The quantitative estimate of drug-likeness (QED) is 0.0769. The minimum atomic E-state index is -1.31. The average Bonchev–Trinajstić information content (AvgIpc) is 1.59. The molecule has 0 spiro atoms. The molecule has 11 heterocycles. The number of imidazole rings is 3. The van der Waals surface area contributed by atoms with E-state index < -0.39 is 8.07 Å². The number of amides is 2. The van der Waals surface area contributed by atoms with Crippen molar-refractivity contribution in [3.05, 3.63) is 269 Å². The zero-order chi connectivity index (χ0) is 90.5. The summed E-state index contributed by atoms with van der Waals surface area (Å²) >= 11 is 1.56. The number of nitrogens with zero attached hydrogens (tertiary/aromatic N) is 20. The van der Waals surface area contributed by atoms with Crippen molar-refractivity contribution in [3.63, 3.8) is 0 Å². The van der Waals surface area contributed by atoms with Crippen LogP contribution >= 0.6 is 11.5 Å². The van der Waals surface area contributed by atoms with Gasteiger partial charge in [-0.15, -0.1) is 0 Å². The Morgan fingerprint density at radius 2 is 1.02 bits per heavy atom. The van der Waals surface area contributed by atoms with Crippen LogP contribution in [0.3, 0.4) is 0 Å². The third-order valence-electron chi connectivity index (χ3n) is 23.1. The van der Waals surface area contributed by atoms with Crippen LogP contribution in [0.25, 0.3) is 66.3 Å². The number of ether oxygens (including phenoxy) is 1. The zero-order valence-electron chi connectivity index (χ0n) is 78.3. The van der Waals surface area contributed by atoms with Gasteiger partial charge in [-0.1, -0.05) is 191 Å². The molecule has 26 heteroatoms. The maximum absolute atomic E-state index is 12.0. The summed E-state index contributed by atoms with van der Waals surface area (Å²) in [6.45, 7) is 48.7. The van der Waals surface area contributed by atoms with Gasteiger partial charge in [0.2, 0.25) is 0 Å². The fraction of sp³-hybridized carbons (Fsp3) is 0.390. The molecule has 0 aliphatic carbocycles. The number of carbonyl (C=O) groups is 1. The largest absolute Gasteiger partial charge is 0.494 e. The fourth-order valence-corrected chi connectivity index (χ4v) is 19.7. The number of rotatable bonds is 17. The molecule has 16 aromatic rings. The standard InChI is InChI=1S/C18H26N2Si.C15H17N3S.C14H19N3O.C14H20N2O.2C13H14N4O.C13H16N2/c1-6-14-11-20(12-19-14)17-8-7-15(13(2)3)16-9-10-21(4,5)18(16)17;1-4-11-8-18(9-16-11)14-6-5-12(10(2)3)13-7-17-19-15(13)14;1-5-14-15-9-17(16-14)12-7-6-11(10(2)3)8-13(12)18-4;1-10(2)11-5-6-13-12(9-11)7-8-16(13)14(17)15(3)4;1-8(2)10-4-5-12(13-11(10)6-15-18-13)17-7-14-9(3)16-17;1-8(2)10-4-5-11(13-12(10)15-7-18-13)17-6-14-9(3)16-17;1-10(2)12-4-6-13(7-5-12)15-8-11(3)14-9-15/h7-8,11-13H,6,9-10H2,1-5H3;5-10H,4H2,1-3H3;6-10H,5H2,1-4H3;5-6,9-10H,7-8H2,1-4H3;2*4-8H,1-3H3;4-10H,1-3H3. The van der Waals surface area contributed by atoms with Crippen LogP contribution in [0.15, 0.2) is 193 Å². The lowest BCUT2D eigenvalue weighted by Gasteiger charge is -2.23. The second kappa shape index (κ2) is 41.2. The van der Waals surface area contributed by atoms with Crippen LogP contribution < -0.4 is 14.8 Å². The van der Waals surface area contributed by atoms with Crippen molar-refractivity contribution >= 4 is 68.7 Å². The third kappa shape index (κ3) is 21.4. The number of hydrogen-bond donors (Lipinski definition) is 0. The van der Waals surface area contributed by atoms with Gasteiger partial charge < -0.3 is 32.3 Å². The van der Waals surface area contributed by atoms with Gasteiger partial charge in [-0.05, 0) is 215 Å². The third-order valence-corrected chi connectivity index (χ3v) is 27.4. The van der Waals surface area contributed by atoms with Gasteiger partial charge in [0.05, 0.1) is 67.8 Å². The Bertz CT molecular complexity index is 6170. The van der Waals surface area contributed by atoms with Gasteiger partial charge in [-0.25, -0.2) is 53.7 Å². The van der Waals surface area contributed by atoms with Gasteiger partial charge >= 0.3 is 6.03 Å². The van der Waals surface area contributed by atoms with Gasteiger partial charge in [-0.2, -0.15) is 19.7 Å². The minimum absolute atomic E-state index is 0.0704. The number of urea groups is 1. The highest BCUT2D eigenvalue weighted by molar-refractivity contribution is 7.13. The van der Waals surface area contributed by atoms with E-state index in [0.717, 1.165) is 112 Å². The van der Waals surface area contributed by atoms with E-state index in [4.69, 9.17) is 13.7 Å². The molecule has 0 unspecified atom stereocenters. The molecule has 0 bridgehead atoms. The molecule has 0 radical (unpaired) electrons. The van der Waals surface area contributed by atoms with Crippen molar-refractivity contribution in [2.24, 2.45) is 0 Å². The van der Waals surface area contributed by atoms with Crippen LogP contribution in [0.5, 0.6) is 5.75 Å². The van der Waals surface area contributed by atoms with Gasteiger partial charge in [0.15, 0.2) is 23.4 Å². The van der Waals surface area contributed by atoms with Crippen LogP contribution in [0.2, 0.25) is 19.1 Å². The number of methoxy groups -OCH3 is 1. The summed E-state index contributed by atoms with van der Waals surface area (Å²) in [5.41, 5.74) is 25.5. The number of aromatic nitrogens is 18. The molecule has 0 N–H and O–H groups in total. The molecule has 2 aliphatic rings. The van der Waals surface area contributed by atoms with Crippen LogP contribution in [0.1, 0.15) is 244 Å². The second-order valence-electron chi connectivity index (χ2n) is 35.3. The van der Waals surface area contributed by atoms with E-state index in [1.165, 1.54) is 90.6 Å². The predicted octanol–water partition coefficient (Wildman–Crippen LogP) is 23.0. The Hall–Kier alpha value is -12.3. The van der Waals surface area contributed by atoms with Crippen molar-refractivity contribution in [2.45, 2.75) is 231 Å². The molecule has 0 saturated carbocycles. The lowest BCUT2D eigenvalue weighted by Crippen LogP contribution is -2.40. The highest BCUT2D eigenvalue weighted by Gasteiger charge is 2.37. The number of benzene rings is 7. The average molecular weight is 1730 g/mol. The highest BCUT2D eigenvalue weighted by Crippen LogP contribution is 2.38. The van der Waals surface area contributed by atoms with Crippen LogP contribution in [-0.2, 0) is 32.1 Å². The topological polar surface area (TPSA) is 243 Å². The summed E-state index contributed by atoms with van der Waals surface area (Å²) in [7, 11) is 3.96. The summed E-state index contributed by atoms with van der Waals surface area (Å²) in [5, 5.41) is 20.9. The lowest BCUT2D eigenvalue weighted by molar-refractivity contribution is 0.224. The molecule has 0 atom stereocenters. The smallest absolute Gasteiger partial charge is 0.323 e. The number of fused-ring (bicyclic) bond motifs is 5. The molecular formula is C100H126N20O4SSi. The maximum Gasteiger partial charge on any atom is 0.323 e. The minimum Gasteiger partial charge on any atom is -0.494 e. The summed E-state index contributed by atoms with van der Waals surface area (Å²) in [6.07, 6.45) is 27.4. The van der Waals surface area contributed by atoms with E-state index in [-0.39, 0.29) is 6.03 Å². The Kier molecular flexibility index (Phi) is 30.4. The first kappa shape index (κ1) is 92.9. The van der Waals surface area contributed by atoms with Crippen LogP contribution in [0, 0.1) is 20.8 Å². The van der Waals surface area contributed by atoms with Gasteiger partial charge in [-0.3, -0.25) is 4.90 Å². The Morgan fingerprint density at radius 1 is 0.500 bits per heavy atom. The second-order valence-corrected chi connectivity index (χ2v) is 40.8. The molecular weight excluding hydrogens is 1610 g/mol. The van der Waals surface area contributed by atoms with Crippen molar-refractivity contribution < 1.29 is 18.5 Å². The van der Waals surface area contributed by atoms with Gasteiger partial charge in [0.25, 0.3) is 0 Å². The molecule has 126 heavy (non-hydrogen) atoms. The van der Waals surface area contributed by atoms with Crippen molar-refractivity contribution in [2.75, 3.05) is 32.6 Å². The van der Waals surface area contributed by atoms with E-state index in [0.29, 0.717) is 41.4 Å². The molecule has 0 fully saturated rings. The van der Waals surface area contributed by atoms with E-state index in [1.807, 2.05) is 86.7 Å². The first-order valence-electron chi connectivity index (χ1n) is 44.2. The van der Waals surface area contributed by atoms with Crippen molar-refractivity contribution in [1.29, 1.82) is 0 Å². The number of hydrogen-bond acceptors (Lipinski definition) is 17. The molecule has 7 aromatic carbocycles. The predicted molar refractivity (Wildman–Crippen MR) is 513 cm³/mol. The summed E-state index contributed by atoms with van der Waals surface area (Å²) in [6, 6.07) is 40.0. The normalized spacial score (nSPS) is 12.6. The van der Waals surface area contributed by atoms with E-state index >= 15 is 0 Å². The van der Waals surface area contributed by atoms with E-state index in [1.54, 1.807) is 93.2 Å². The molecule has 9 aromatic heterocycles. The van der Waals surface area contributed by atoms with Crippen molar-refractivity contribution in [1.82, 2.24) is 92.4 Å². The molecule has 0 saturated heterocycles. The fourth-order valence-electron chi connectivity index (χ4n) is 15.8. The first-order valence-corrected chi connectivity index (χ1v) is 48.2. The summed E-state index contributed by atoms with van der Waals surface area (Å²) in [5.74, 6) is 6.71. The first-order chi connectivity index (χ1) is 60.3. The zero-order valence-corrected chi connectivity index (χ0v) is 80.1. The molecule has 24 nitrogen and oxygen atoms in total. The summed E-state index contributed by atoms with van der Waals surface area (Å²) in [4.78, 5) is 45.4. The maximum atomic E-state index is 12.0.